The number of hydrogen-bond donors (Lipinski definition) is 10. The van der Waals surface area contributed by atoms with Gasteiger partial charge in [0.25, 0.3) is 10.1 Å². The van der Waals surface area contributed by atoms with E-state index >= 15 is 0 Å². The lowest BCUT2D eigenvalue weighted by molar-refractivity contribution is -0.157. The van der Waals surface area contributed by atoms with E-state index in [1.165, 1.54) is 128 Å². The van der Waals surface area contributed by atoms with Crippen molar-refractivity contribution >= 4 is 21.0 Å². The highest BCUT2D eigenvalue weighted by Crippen LogP contribution is 2.51. The summed E-state index contributed by atoms with van der Waals surface area (Å²) in [5.74, 6) is 5.52. The predicted molar refractivity (Wildman–Crippen MR) is 313 cm³/mol. The fraction of sp³-hybridized carbons (Fsp3) is 0.968. The summed E-state index contributed by atoms with van der Waals surface area (Å²) in [7, 11) is -8.42. The molecule has 2 aliphatic heterocycles. The van der Waals surface area contributed by atoms with E-state index in [4.69, 9.17) is 18.9 Å². The minimum absolute atomic E-state index is 0.111. The van der Waals surface area contributed by atoms with E-state index in [1.54, 1.807) is 0 Å². The normalized spacial score (nSPS) is 47.3. The summed E-state index contributed by atoms with van der Waals surface area (Å²) < 4.78 is 98.5. The Morgan fingerprint density at radius 1 is 0.350 bits per heavy atom. The minimum atomic E-state index is -4.45. The number of hydrogen-bond acceptors (Lipinski definition) is 15. The van der Waals surface area contributed by atoms with Crippen molar-refractivity contribution in [1.82, 2.24) is 31.9 Å². The lowest BCUT2D eigenvalue weighted by Gasteiger charge is -2.46. The molecule has 0 aromatic heterocycles. The molecule has 0 aromatic carbocycles. The van der Waals surface area contributed by atoms with Gasteiger partial charge < -0.3 is 32.6 Å². The zero-order valence-corrected chi connectivity index (χ0v) is 50.2. The predicted octanol–water partition coefficient (Wildman–Crippen LogP) is 11.4. The summed E-state index contributed by atoms with van der Waals surface area (Å²) in [5, 5.41) is 20.7. The Bertz CT molecular complexity index is 2020. The Labute approximate surface area is 483 Å². The topological polar surface area (TPSA) is 224 Å². The average molecular weight is 1160 g/mol. The second kappa shape index (κ2) is 27.3. The number of ether oxygens (including phenoxy) is 4. The van der Waals surface area contributed by atoms with Crippen LogP contribution in [0, 0.1) is 59.2 Å². The molecular formula is C62H108N6O10S2. The molecule has 12 fully saturated rings. The standard InChI is InChI=1S/C62H108N6O10S2/c69-79(70,71)55-35-49(63-57-37-59(75-51-27-21-39-9-1-5-13-45(39)31-51)67-61(65-57)77-53-29-23-41-11-3-7-15-47(41)33-53)25-19-43(55)17-18-44-20-26-50(36-56(44)80(72,73)74)64-58-38-60(76-52-28-22-40-10-2-6-14-46(40)32-52)68-62(66-58)78-54-30-24-42-12-4-8-16-48(42)34-54/h17-18,39-71H,1-16,19-38H2,(H,72,73,74). The maximum atomic E-state index is 13.3. The van der Waals surface area contributed by atoms with Crippen LogP contribution in [0.5, 0.6) is 0 Å². The van der Waals surface area contributed by atoms with E-state index in [2.05, 4.69) is 31.9 Å². The van der Waals surface area contributed by atoms with Crippen LogP contribution in [0.4, 0.5) is 0 Å². The molecule has 24 unspecified atom stereocenters. The molecule has 0 bridgehead atoms. The van der Waals surface area contributed by atoms with Crippen molar-refractivity contribution < 1.29 is 45.6 Å². The van der Waals surface area contributed by atoms with E-state index in [0.717, 1.165) is 105 Å². The monoisotopic (exact) mass is 1160 g/mol. The third-order valence-corrected chi connectivity index (χ3v) is 26.2. The zero-order valence-electron chi connectivity index (χ0n) is 48.5. The first-order chi connectivity index (χ1) is 38.8. The summed E-state index contributed by atoms with van der Waals surface area (Å²) in [5.41, 5.74) is 0. The molecule has 10 saturated carbocycles. The van der Waals surface area contributed by atoms with Gasteiger partial charge in [0.1, 0.15) is 12.5 Å². The number of fused-ring (bicyclic) bond motifs is 4. The Morgan fingerprint density at radius 2 is 0.688 bits per heavy atom. The van der Waals surface area contributed by atoms with Crippen LogP contribution in [0.15, 0.2) is 12.2 Å². The first-order valence-corrected chi connectivity index (χ1v) is 36.7. The first-order valence-electron chi connectivity index (χ1n) is 33.6. The third-order valence-electron chi connectivity index (χ3n) is 23.6. The number of allylic oxidation sites excluding steroid dienone is 2. The second-order valence-corrected chi connectivity index (χ2v) is 32.1. The molecular weight excluding hydrogens is 1050 g/mol. The fourth-order valence-electron chi connectivity index (χ4n) is 19.4. The maximum Gasteiger partial charge on any atom is 0.268 e. The van der Waals surface area contributed by atoms with E-state index < -0.39 is 43.8 Å². The SMILES string of the molecule is O=S(=O)(O)C1CC(NC2CC(OC3CCC4CCCCC4C3)NC(OC3CCC4CCCCC4C3)N2)CCC1C=CC1CCC(NC2CC(OC3CCC4CCCCC4C3)NC(OC3CCC4CCCCC4C3)N2)CC1S(O)(O)O. The van der Waals surface area contributed by atoms with Gasteiger partial charge in [0.05, 0.1) is 58.1 Å². The van der Waals surface area contributed by atoms with Crippen LogP contribution >= 0.6 is 10.9 Å². The zero-order chi connectivity index (χ0) is 54.8. The van der Waals surface area contributed by atoms with E-state index in [1.807, 2.05) is 12.2 Å². The van der Waals surface area contributed by atoms with Crippen molar-refractivity contribution in [3.05, 3.63) is 12.2 Å². The summed E-state index contributed by atoms with van der Waals surface area (Å²) in [6, 6.07) is -0.283. The van der Waals surface area contributed by atoms with Gasteiger partial charge >= 0.3 is 0 Å². The summed E-state index contributed by atoms with van der Waals surface area (Å²) in [4.78, 5) is 0. The molecule has 16 nitrogen and oxygen atoms in total. The average Bonchev–Trinajstić information content (AvgIpc) is 3.45. The summed E-state index contributed by atoms with van der Waals surface area (Å²) >= 11 is 0. The molecule has 18 heteroatoms. The van der Waals surface area contributed by atoms with Crippen LogP contribution in [-0.2, 0) is 29.1 Å². The van der Waals surface area contributed by atoms with Crippen molar-refractivity contribution in [1.29, 1.82) is 0 Å². The molecule has 0 amide bonds. The van der Waals surface area contributed by atoms with Crippen molar-refractivity contribution in [3.8, 4) is 0 Å². The second-order valence-electron chi connectivity index (χ2n) is 28.7. The highest BCUT2D eigenvalue weighted by molar-refractivity contribution is 8.19. The van der Waals surface area contributed by atoms with Crippen LogP contribution in [-0.4, -0.2) is 111 Å². The van der Waals surface area contributed by atoms with Gasteiger partial charge in [-0.05, 0) is 175 Å². The molecule has 24 atom stereocenters. The molecule has 12 rings (SSSR count). The van der Waals surface area contributed by atoms with E-state index in [0.29, 0.717) is 38.5 Å². The van der Waals surface area contributed by atoms with Crippen LogP contribution in [0.25, 0.3) is 0 Å². The molecule has 12 aliphatic rings. The van der Waals surface area contributed by atoms with Gasteiger partial charge in [-0.2, -0.15) is 8.42 Å². The minimum Gasteiger partial charge on any atom is -0.360 e. The highest BCUT2D eigenvalue weighted by Gasteiger charge is 2.46. The van der Waals surface area contributed by atoms with Gasteiger partial charge in [-0.3, -0.25) is 36.5 Å². The number of rotatable bonds is 16. The van der Waals surface area contributed by atoms with Gasteiger partial charge in [0.2, 0.25) is 0 Å². The Morgan fingerprint density at radius 3 is 1.05 bits per heavy atom. The Balaban J connectivity index is 0.669. The molecule has 10 N–H and O–H groups in total. The fourth-order valence-corrected chi connectivity index (χ4v) is 21.7. The van der Waals surface area contributed by atoms with Crippen LogP contribution in [0.3, 0.4) is 0 Å². The maximum absolute atomic E-state index is 13.3. The van der Waals surface area contributed by atoms with Crippen molar-refractivity contribution in [2.75, 3.05) is 0 Å². The highest BCUT2D eigenvalue weighted by atomic mass is 32.3. The van der Waals surface area contributed by atoms with Gasteiger partial charge in [-0.1, -0.05) is 115 Å². The van der Waals surface area contributed by atoms with Gasteiger partial charge in [-0.25, -0.2) is 0 Å². The van der Waals surface area contributed by atoms with Crippen LogP contribution in [0.1, 0.15) is 231 Å². The molecule has 10 aliphatic carbocycles. The van der Waals surface area contributed by atoms with Gasteiger partial charge in [0.15, 0.2) is 12.7 Å². The smallest absolute Gasteiger partial charge is 0.268 e. The quantitative estimate of drug-likeness (QED) is 0.0513. The molecule has 2 heterocycles. The van der Waals surface area contributed by atoms with Crippen molar-refractivity contribution in [2.24, 2.45) is 59.2 Å². The Hall–Kier alpha value is -0.520. The molecule has 0 spiro atoms. The summed E-state index contributed by atoms with van der Waals surface area (Å²) in [6.45, 7) is 0. The lowest BCUT2D eigenvalue weighted by Crippen LogP contribution is -2.66. The van der Waals surface area contributed by atoms with E-state index in [-0.39, 0.29) is 80.0 Å². The third kappa shape index (κ3) is 15.6. The van der Waals surface area contributed by atoms with Gasteiger partial charge in [0, 0.05) is 24.9 Å². The molecule has 0 radical (unpaired) electrons. The lowest BCUT2D eigenvalue weighted by atomic mass is 9.70. The molecule has 458 valence electrons. The van der Waals surface area contributed by atoms with Crippen molar-refractivity contribution in [3.63, 3.8) is 0 Å². The van der Waals surface area contributed by atoms with Gasteiger partial charge in [-0.15, -0.1) is 0 Å². The Kier molecular flexibility index (Phi) is 20.4. The largest absolute Gasteiger partial charge is 0.360 e. The first kappa shape index (κ1) is 59.8. The molecule has 2 saturated heterocycles. The van der Waals surface area contributed by atoms with Crippen molar-refractivity contribution in [2.45, 2.75) is 316 Å². The summed E-state index contributed by atoms with van der Waals surface area (Å²) in [6.07, 6.45) is 42.8. The molecule has 0 aromatic rings. The number of nitrogens with one attached hydrogen (secondary N) is 6. The van der Waals surface area contributed by atoms with Crippen LogP contribution < -0.4 is 31.9 Å². The van der Waals surface area contributed by atoms with E-state index in [9.17, 15) is 26.6 Å². The van der Waals surface area contributed by atoms with Crippen LogP contribution in [0.2, 0.25) is 0 Å². The molecule has 80 heavy (non-hydrogen) atoms.